The summed E-state index contributed by atoms with van der Waals surface area (Å²) in [5.41, 5.74) is 0.854. The number of carbonyl (C=O) groups is 1. The molecule has 2 aromatic heterocycles. The Morgan fingerprint density at radius 1 is 1.16 bits per heavy atom. The van der Waals surface area contributed by atoms with Crippen LogP contribution in [0.15, 0.2) is 48.7 Å². The largest absolute Gasteiger partial charge is 0.416 e. The Kier molecular flexibility index (Phi) is 4.96. The normalized spacial score (nSPS) is 11.7. The summed E-state index contributed by atoms with van der Waals surface area (Å²) in [6.07, 6.45) is -3.27. The van der Waals surface area contributed by atoms with Crippen LogP contribution in [0.5, 0.6) is 0 Å². The summed E-state index contributed by atoms with van der Waals surface area (Å²) in [6, 6.07) is 8.70. The molecule has 4 aromatic rings. The number of nitrogens with zero attached hydrogens (tertiary/aromatic N) is 3. The number of halogens is 3. The van der Waals surface area contributed by atoms with Crippen molar-refractivity contribution in [3.05, 3.63) is 81.3 Å². The van der Waals surface area contributed by atoms with E-state index in [-0.39, 0.29) is 28.0 Å². The van der Waals surface area contributed by atoms with Crippen molar-refractivity contribution in [1.82, 2.24) is 14.8 Å². The zero-order valence-electron chi connectivity index (χ0n) is 16.8. The lowest BCUT2D eigenvalue weighted by atomic mass is 10.1. The van der Waals surface area contributed by atoms with E-state index in [0.717, 1.165) is 12.1 Å². The van der Waals surface area contributed by atoms with Crippen molar-refractivity contribution in [3.8, 4) is 5.69 Å². The summed E-state index contributed by atoms with van der Waals surface area (Å²) in [5.74, 6) is -0.723. The number of carbonyl (C=O) groups excluding carboxylic acids is 1. The predicted molar refractivity (Wildman–Crippen MR) is 111 cm³/mol. The van der Waals surface area contributed by atoms with E-state index in [0.29, 0.717) is 16.9 Å². The molecule has 1 amide bonds. The van der Waals surface area contributed by atoms with Crippen molar-refractivity contribution >= 4 is 28.2 Å². The van der Waals surface area contributed by atoms with E-state index in [1.807, 2.05) is 0 Å². The standard InChI is InChI=1S/C21H16F3N5O3/c1-11-7-12(2)28(27-11)19-6-3-13(21(22,23)24)8-18(19)26-20(30)16-10-25-17-5-4-14(29(31)32)9-15(16)17/h3-10,25H,1-2H3,(H,26,30). The topological polar surface area (TPSA) is 106 Å². The van der Waals surface area contributed by atoms with Gasteiger partial charge in [0.05, 0.1) is 33.1 Å². The predicted octanol–water partition coefficient (Wildman–Crippen LogP) is 5.15. The second kappa shape index (κ2) is 7.52. The number of nitrogens with one attached hydrogen (secondary N) is 2. The molecule has 11 heteroatoms. The molecule has 8 nitrogen and oxygen atoms in total. The molecule has 2 heterocycles. The van der Waals surface area contributed by atoms with E-state index in [2.05, 4.69) is 15.4 Å². The van der Waals surface area contributed by atoms with Gasteiger partial charge in [-0.1, -0.05) is 0 Å². The van der Waals surface area contributed by atoms with Gasteiger partial charge in [-0.15, -0.1) is 0 Å². The summed E-state index contributed by atoms with van der Waals surface area (Å²) in [6.45, 7) is 3.48. The van der Waals surface area contributed by atoms with Gasteiger partial charge >= 0.3 is 6.18 Å². The highest BCUT2D eigenvalue weighted by Gasteiger charge is 2.31. The Morgan fingerprint density at radius 3 is 2.53 bits per heavy atom. The minimum absolute atomic E-state index is 0.0560. The molecule has 0 spiro atoms. The van der Waals surface area contributed by atoms with E-state index in [1.54, 1.807) is 19.9 Å². The van der Waals surface area contributed by atoms with Gasteiger partial charge in [0.2, 0.25) is 0 Å². The van der Waals surface area contributed by atoms with Crippen LogP contribution >= 0.6 is 0 Å². The van der Waals surface area contributed by atoms with Gasteiger partial charge in [0.25, 0.3) is 11.6 Å². The van der Waals surface area contributed by atoms with E-state index in [1.165, 1.54) is 35.1 Å². The molecule has 0 aliphatic heterocycles. The second-order valence-corrected chi connectivity index (χ2v) is 7.21. The van der Waals surface area contributed by atoms with Gasteiger partial charge in [0, 0.05) is 34.9 Å². The van der Waals surface area contributed by atoms with Crippen LogP contribution < -0.4 is 5.32 Å². The van der Waals surface area contributed by atoms with Crippen molar-refractivity contribution in [3.63, 3.8) is 0 Å². The maximum Gasteiger partial charge on any atom is 0.416 e. The SMILES string of the molecule is Cc1cc(C)n(-c2ccc(C(F)(F)F)cc2NC(=O)c2c[nH]c3ccc([N+](=O)[O-])cc23)n1. The van der Waals surface area contributed by atoms with Crippen molar-refractivity contribution in [2.45, 2.75) is 20.0 Å². The first-order chi connectivity index (χ1) is 15.0. The number of alkyl halides is 3. The Labute approximate surface area is 178 Å². The van der Waals surface area contributed by atoms with Crippen LogP contribution in [0.1, 0.15) is 27.3 Å². The second-order valence-electron chi connectivity index (χ2n) is 7.21. The molecule has 0 saturated carbocycles. The number of aromatic amines is 1. The average Bonchev–Trinajstić information content (AvgIpc) is 3.29. The molecule has 0 bridgehead atoms. The average molecular weight is 443 g/mol. The highest BCUT2D eigenvalue weighted by Crippen LogP contribution is 2.34. The summed E-state index contributed by atoms with van der Waals surface area (Å²) in [4.78, 5) is 26.3. The van der Waals surface area contributed by atoms with Crippen LogP contribution in [0.3, 0.4) is 0 Å². The molecule has 4 rings (SSSR count). The fourth-order valence-corrected chi connectivity index (χ4v) is 3.47. The molecule has 0 atom stereocenters. The summed E-state index contributed by atoms with van der Waals surface area (Å²) < 4.78 is 41.4. The summed E-state index contributed by atoms with van der Waals surface area (Å²) in [7, 11) is 0. The van der Waals surface area contributed by atoms with E-state index in [4.69, 9.17) is 0 Å². The van der Waals surface area contributed by atoms with Gasteiger partial charge in [-0.2, -0.15) is 18.3 Å². The van der Waals surface area contributed by atoms with Gasteiger partial charge in [-0.25, -0.2) is 4.68 Å². The number of anilines is 1. The lowest BCUT2D eigenvalue weighted by Crippen LogP contribution is -2.16. The van der Waals surface area contributed by atoms with E-state index >= 15 is 0 Å². The van der Waals surface area contributed by atoms with Crippen molar-refractivity contribution in [1.29, 1.82) is 0 Å². The number of rotatable bonds is 4. The summed E-state index contributed by atoms with van der Waals surface area (Å²) in [5, 5.41) is 18.2. The molecule has 32 heavy (non-hydrogen) atoms. The molecule has 164 valence electrons. The third-order valence-corrected chi connectivity index (χ3v) is 4.93. The van der Waals surface area contributed by atoms with Crippen LogP contribution in [0.2, 0.25) is 0 Å². The zero-order valence-corrected chi connectivity index (χ0v) is 16.8. The monoisotopic (exact) mass is 443 g/mol. The Balaban J connectivity index is 1.80. The van der Waals surface area contributed by atoms with Gasteiger partial charge in [-0.05, 0) is 44.2 Å². The van der Waals surface area contributed by atoms with Crippen LogP contribution in [0, 0.1) is 24.0 Å². The van der Waals surface area contributed by atoms with Crippen molar-refractivity contribution < 1.29 is 22.9 Å². The van der Waals surface area contributed by atoms with Crippen molar-refractivity contribution in [2.75, 3.05) is 5.32 Å². The van der Waals surface area contributed by atoms with Crippen molar-refractivity contribution in [2.24, 2.45) is 0 Å². The summed E-state index contributed by atoms with van der Waals surface area (Å²) >= 11 is 0. The maximum atomic E-state index is 13.3. The minimum Gasteiger partial charge on any atom is -0.360 e. The minimum atomic E-state index is -4.62. The fourth-order valence-electron chi connectivity index (χ4n) is 3.47. The number of nitro benzene ring substituents is 1. The number of H-pyrrole nitrogens is 1. The molecular formula is C21H16F3N5O3. The molecule has 0 saturated heterocycles. The fraction of sp³-hybridized carbons (Fsp3) is 0.143. The van der Waals surface area contributed by atoms with E-state index in [9.17, 15) is 28.1 Å². The van der Waals surface area contributed by atoms with Crippen LogP contribution in [0.4, 0.5) is 24.5 Å². The lowest BCUT2D eigenvalue weighted by Gasteiger charge is -2.15. The molecule has 0 aliphatic carbocycles. The molecule has 0 unspecified atom stereocenters. The lowest BCUT2D eigenvalue weighted by molar-refractivity contribution is -0.384. The number of fused-ring (bicyclic) bond motifs is 1. The number of non-ortho nitro benzene ring substituents is 1. The van der Waals surface area contributed by atoms with E-state index < -0.39 is 22.6 Å². The number of nitro groups is 1. The van der Waals surface area contributed by atoms with Crippen LogP contribution in [0.25, 0.3) is 16.6 Å². The Bertz CT molecular complexity index is 1370. The van der Waals surface area contributed by atoms with Gasteiger partial charge < -0.3 is 10.3 Å². The zero-order chi connectivity index (χ0) is 23.2. The Hall–Kier alpha value is -4.15. The first-order valence-corrected chi connectivity index (χ1v) is 9.36. The van der Waals surface area contributed by atoms with Crippen LogP contribution in [-0.4, -0.2) is 25.6 Å². The highest BCUT2D eigenvalue weighted by atomic mass is 19.4. The number of aryl methyl sites for hydroxylation is 2. The highest BCUT2D eigenvalue weighted by molar-refractivity contribution is 6.13. The van der Waals surface area contributed by atoms with Gasteiger partial charge in [0.15, 0.2) is 0 Å². The first-order valence-electron chi connectivity index (χ1n) is 9.36. The number of hydrogen-bond acceptors (Lipinski definition) is 4. The molecule has 0 fully saturated rings. The molecule has 0 aliphatic rings. The molecule has 2 N–H and O–H groups in total. The maximum absolute atomic E-state index is 13.3. The number of hydrogen-bond donors (Lipinski definition) is 2. The quantitative estimate of drug-likeness (QED) is 0.336. The smallest absolute Gasteiger partial charge is 0.360 e. The van der Waals surface area contributed by atoms with Gasteiger partial charge in [0.1, 0.15) is 0 Å². The Morgan fingerprint density at radius 2 is 1.91 bits per heavy atom. The third kappa shape index (κ3) is 3.80. The molecule has 2 aromatic carbocycles. The van der Waals surface area contributed by atoms with Crippen LogP contribution in [-0.2, 0) is 6.18 Å². The van der Waals surface area contributed by atoms with Gasteiger partial charge in [-0.3, -0.25) is 14.9 Å². The third-order valence-electron chi connectivity index (χ3n) is 4.93. The number of benzene rings is 2. The molecular weight excluding hydrogens is 427 g/mol. The number of aromatic nitrogens is 3. The first kappa shape index (κ1) is 21.1. The molecule has 0 radical (unpaired) electrons. The number of amides is 1.